The average Bonchev–Trinajstić information content (AvgIpc) is 3.37. The molecule has 13 heteroatoms. The highest BCUT2D eigenvalue weighted by atomic mass is 16.2. The van der Waals surface area contributed by atoms with Crippen LogP contribution in [0.25, 0.3) is 11.2 Å². The highest BCUT2D eigenvalue weighted by molar-refractivity contribution is 6.06. The van der Waals surface area contributed by atoms with Crippen molar-refractivity contribution in [3.8, 4) is 0 Å². The summed E-state index contributed by atoms with van der Waals surface area (Å²) in [6.45, 7) is 5.03. The second kappa shape index (κ2) is 12.4. The van der Waals surface area contributed by atoms with Crippen molar-refractivity contribution in [2.75, 3.05) is 23.3 Å². The minimum absolute atomic E-state index is 0.0292. The molecular weight excluding hydrogens is 552 g/mol. The molecule has 0 radical (unpaired) electrons. The smallest absolute Gasteiger partial charge is 0.332 e. The van der Waals surface area contributed by atoms with E-state index in [0.29, 0.717) is 38.3 Å². The first-order valence-electron chi connectivity index (χ1n) is 14.6. The highest BCUT2D eigenvalue weighted by Gasteiger charge is 2.28. The van der Waals surface area contributed by atoms with E-state index >= 15 is 0 Å². The number of imidazole rings is 1. The van der Waals surface area contributed by atoms with Crippen LogP contribution in [0.15, 0.2) is 45.5 Å². The molecule has 5 rings (SSSR count). The van der Waals surface area contributed by atoms with Gasteiger partial charge in [-0.15, -0.1) is 0 Å². The highest BCUT2D eigenvalue weighted by Crippen LogP contribution is 2.24. The predicted molar refractivity (Wildman–Crippen MR) is 163 cm³/mol. The molecular formula is C30H38N8O5. The fraction of sp³-hybridized carbons (Fsp3) is 0.467. The largest absolute Gasteiger partial charge is 0.344 e. The third-order valence-corrected chi connectivity index (χ3v) is 7.97. The number of piperidine rings is 2. The van der Waals surface area contributed by atoms with Gasteiger partial charge in [0.1, 0.15) is 6.04 Å². The van der Waals surface area contributed by atoms with E-state index in [4.69, 9.17) is 10.7 Å². The topological polar surface area (TPSA) is 166 Å². The second-order valence-corrected chi connectivity index (χ2v) is 11.5. The van der Waals surface area contributed by atoms with E-state index in [-0.39, 0.29) is 34.4 Å². The first kappa shape index (κ1) is 30.0. The Labute approximate surface area is 248 Å². The third kappa shape index (κ3) is 6.17. The number of carbonyl (C=O) groups is 3. The maximum atomic E-state index is 14.0. The average molecular weight is 591 g/mol. The number of aryl methyl sites for hydroxylation is 1. The molecule has 43 heavy (non-hydrogen) atoms. The van der Waals surface area contributed by atoms with Gasteiger partial charge >= 0.3 is 5.69 Å². The van der Waals surface area contributed by atoms with E-state index in [9.17, 15) is 24.0 Å². The number of para-hydroxylation sites is 1. The van der Waals surface area contributed by atoms with Gasteiger partial charge < -0.3 is 25.8 Å². The molecule has 2 fully saturated rings. The van der Waals surface area contributed by atoms with Crippen molar-refractivity contribution < 1.29 is 14.4 Å². The summed E-state index contributed by atoms with van der Waals surface area (Å²) in [4.78, 5) is 72.4. The van der Waals surface area contributed by atoms with E-state index in [1.807, 2.05) is 24.8 Å². The number of nitrogens with one attached hydrogen (secondary N) is 2. The van der Waals surface area contributed by atoms with Crippen LogP contribution in [-0.4, -0.2) is 61.5 Å². The summed E-state index contributed by atoms with van der Waals surface area (Å²) in [6, 6.07) is 5.68. The summed E-state index contributed by atoms with van der Waals surface area (Å²) < 4.78 is 3.99. The maximum Gasteiger partial charge on any atom is 0.332 e. The Kier molecular flexibility index (Phi) is 8.62. The van der Waals surface area contributed by atoms with Gasteiger partial charge in [-0.1, -0.05) is 23.8 Å². The molecule has 0 bridgehead atoms. The lowest BCUT2D eigenvalue weighted by atomic mass is 10.0. The normalized spacial score (nSPS) is 18.8. The van der Waals surface area contributed by atoms with Gasteiger partial charge in [0.2, 0.25) is 17.8 Å². The number of Topliss-reactive ketones (excluding diaryl/α,β-unsaturated/α-hetero) is 1. The predicted octanol–water partition coefficient (Wildman–Crippen LogP) is 1.28. The van der Waals surface area contributed by atoms with Crippen molar-refractivity contribution in [3.05, 3.63) is 62.3 Å². The number of amides is 2. The van der Waals surface area contributed by atoms with Crippen LogP contribution in [0.3, 0.4) is 0 Å². The standard InChI is InChI=1S/C30H38N8O5/c1-18(2)13-15-37-25-26(34-29(37)36-14-7-8-19(31)16-36)35(3)30(43)38(28(25)42)17-23(39)20-9-4-5-10-21(20)33-27(41)22-11-6-12-24(40)32-22/h4-5,9-10,13,19,22H,6-8,11-12,14-17,31H2,1-3H3,(H,32,40)(H,33,41). The number of aromatic nitrogens is 4. The number of nitrogens with zero attached hydrogens (tertiary/aromatic N) is 5. The Hall–Kier alpha value is -4.52. The molecule has 0 aliphatic carbocycles. The summed E-state index contributed by atoms with van der Waals surface area (Å²) >= 11 is 0. The van der Waals surface area contributed by atoms with Gasteiger partial charge in [0.15, 0.2) is 16.9 Å². The number of allylic oxidation sites excluding steroid dienone is 2. The van der Waals surface area contributed by atoms with Gasteiger partial charge in [0.25, 0.3) is 5.56 Å². The Morgan fingerprint density at radius 1 is 1.12 bits per heavy atom. The molecule has 3 aromatic rings. The first-order chi connectivity index (χ1) is 20.5. The molecule has 2 saturated heterocycles. The van der Waals surface area contributed by atoms with E-state index in [1.165, 1.54) is 17.7 Å². The van der Waals surface area contributed by atoms with Crippen molar-refractivity contribution >= 4 is 40.4 Å². The number of hydrogen-bond donors (Lipinski definition) is 3. The number of fused-ring (bicyclic) bond motifs is 1. The van der Waals surface area contributed by atoms with Crippen LogP contribution >= 0.6 is 0 Å². The fourth-order valence-electron chi connectivity index (χ4n) is 5.67. The number of ketones is 1. The number of carbonyl (C=O) groups excluding carboxylic acids is 3. The summed E-state index contributed by atoms with van der Waals surface area (Å²) in [5, 5.41) is 5.40. The van der Waals surface area contributed by atoms with Crippen LogP contribution in [0, 0.1) is 0 Å². The Balaban J connectivity index is 1.52. The van der Waals surface area contributed by atoms with Gasteiger partial charge in [0, 0.05) is 44.7 Å². The number of anilines is 2. The Bertz CT molecular complexity index is 1730. The lowest BCUT2D eigenvalue weighted by Gasteiger charge is -2.31. The monoisotopic (exact) mass is 590 g/mol. The zero-order chi connectivity index (χ0) is 30.8. The van der Waals surface area contributed by atoms with Gasteiger partial charge in [-0.2, -0.15) is 4.98 Å². The molecule has 1 aromatic carbocycles. The SMILES string of the molecule is CC(C)=CCn1c(N2CCCC(N)C2)nc2c1c(=O)n(CC(=O)c1ccccc1NC(=O)C1CCCC(=O)N1)c(=O)n2C. The minimum Gasteiger partial charge on any atom is -0.344 e. The molecule has 0 saturated carbocycles. The number of hydrogen-bond acceptors (Lipinski definition) is 8. The molecule has 2 atom stereocenters. The lowest BCUT2D eigenvalue weighted by Crippen LogP contribution is -2.46. The second-order valence-electron chi connectivity index (χ2n) is 11.5. The lowest BCUT2D eigenvalue weighted by molar-refractivity contribution is -0.128. The van der Waals surface area contributed by atoms with Gasteiger partial charge in [-0.05, 0) is 51.7 Å². The van der Waals surface area contributed by atoms with Crippen LogP contribution in [0.5, 0.6) is 0 Å². The van der Waals surface area contributed by atoms with Gasteiger partial charge in [0.05, 0.1) is 12.2 Å². The first-order valence-corrected chi connectivity index (χ1v) is 14.6. The van der Waals surface area contributed by atoms with E-state index in [2.05, 4.69) is 10.6 Å². The van der Waals surface area contributed by atoms with Crippen molar-refractivity contribution in [1.29, 1.82) is 0 Å². The van der Waals surface area contributed by atoms with Crippen molar-refractivity contribution in [1.82, 2.24) is 24.0 Å². The van der Waals surface area contributed by atoms with Crippen LogP contribution in [0.2, 0.25) is 0 Å². The summed E-state index contributed by atoms with van der Waals surface area (Å²) in [5.41, 5.74) is 6.83. The van der Waals surface area contributed by atoms with Crippen molar-refractivity contribution in [2.24, 2.45) is 12.8 Å². The molecule has 228 valence electrons. The molecule has 2 unspecified atom stereocenters. The van der Waals surface area contributed by atoms with Crippen LogP contribution in [0.1, 0.15) is 56.3 Å². The zero-order valence-corrected chi connectivity index (χ0v) is 24.8. The third-order valence-electron chi connectivity index (χ3n) is 7.97. The van der Waals surface area contributed by atoms with Crippen molar-refractivity contribution in [2.45, 2.75) is 71.1 Å². The number of benzene rings is 1. The van der Waals surface area contributed by atoms with E-state index in [1.54, 1.807) is 22.8 Å². The fourth-order valence-corrected chi connectivity index (χ4v) is 5.67. The van der Waals surface area contributed by atoms with Crippen LogP contribution < -0.4 is 32.5 Å². The van der Waals surface area contributed by atoms with Crippen LogP contribution in [-0.2, 0) is 29.7 Å². The minimum atomic E-state index is -0.702. The molecule has 4 N–H and O–H groups in total. The Morgan fingerprint density at radius 2 is 1.88 bits per heavy atom. The summed E-state index contributed by atoms with van der Waals surface area (Å²) in [5.74, 6) is -0.603. The van der Waals surface area contributed by atoms with Gasteiger partial charge in [-0.3, -0.25) is 28.3 Å². The molecule has 2 aromatic heterocycles. The van der Waals surface area contributed by atoms with E-state index in [0.717, 1.165) is 29.5 Å². The molecule has 2 aliphatic rings. The molecule has 4 heterocycles. The van der Waals surface area contributed by atoms with Gasteiger partial charge in [-0.25, -0.2) is 4.79 Å². The number of nitrogens with two attached hydrogens (primary N) is 1. The molecule has 13 nitrogen and oxygen atoms in total. The molecule has 2 aliphatic heterocycles. The van der Waals surface area contributed by atoms with Crippen molar-refractivity contribution in [3.63, 3.8) is 0 Å². The summed E-state index contributed by atoms with van der Waals surface area (Å²) in [7, 11) is 1.53. The molecule has 2 amide bonds. The number of rotatable bonds is 8. The van der Waals surface area contributed by atoms with E-state index < -0.39 is 35.5 Å². The quantitative estimate of drug-likeness (QED) is 0.261. The Morgan fingerprint density at radius 3 is 2.60 bits per heavy atom. The molecule has 0 spiro atoms. The summed E-state index contributed by atoms with van der Waals surface area (Å²) in [6.07, 6.45) is 5.21. The zero-order valence-electron chi connectivity index (χ0n) is 24.8. The maximum absolute atomic E-state index is 14.0. The van der Waals surface area contributed by atoms with Crippen LogP contribution in [0.4, 0.5) is 11.6 Å².